The number of aromatic nitrogens is 4. The number of carbonyl (C=O) groups excluding carboxylic acids is 2. The minimum atomic E-state index is -0.685. The summed E-state index contributed by atoms with van der Waals surface area (Å²) in [6.45, 7) is 0.294. The summed E-state index contributed by atoms with van der Waals surface area (Å²) in [4.78, 5) is 22.8. The largest absolute Gasteiger partial charge is 0.443 e. The van der Waals surface area contributed by atoms with Crippen LogP contribution in [0.15, 0.2) is 16.8 Å². The molecule has 134 valence electrons. The zero-order valence-electron chi connectivity index (χ0n) is 13.7. The van der Waals surface area contributed by atoms with Crippen LogP contribution in [-0.2, 0) is 17.9 Å². The number of carbonyl (C=O) groups is 2. The van der Waals surface area contributed by atoms with Crippen LogP contribution >= 0.6 is 0 Å². The van der Waals surface area contributed by atoms with Gasteiger partial charge in [-0.05, 0) is 12.8 Å². The summed E-state index contributed by atoms with van der Waals surface area (Å²) in [6, 6.07) is 1.64. The number of nitrogens with zero attached hydrogens (tertiary/aromatic N) is 4. The van der Waals surface area contributed by atoms with E-state index in [1.54, 1.807) is 6.20 Å². The molecule has 0 spiro atoms. The van der Waals surface area contributed by atoms with Gasteiger partial charge in [-0.2, -0.15) is 0 Å². The van der Waals surface area contributed by atoms with E-state index < -0.39 is 12.0 Å². The van der Waals surface area contributed by atoms with Gasteiger partial charge >= 0.3 is 6.09 Å². The molecule has 1 aliphatic carbocycles. The van der Waals surface area contributed by atoms with Crippen molar-refractivity contribution in [2.75, 3.05) is 0 Å². The number of nitrogens with one attached hydrogen (secondary N) is 1. The molecule has 25 heavy (non-hydrogen) atoms. The average molecular weight is 348 g/mol. The number of ether oxygens (including phenoxy) is 1. The Hall–Kier alpha value is -2.91. The van der Waals surface area contributed by atoms with Crippen LogP contribution in [0.1, 0.15) is 54.0 Å². The minimum Gasteiger partial charge on any atom is -0.443 e. The Labute approximate surface area is 143 Å². The maximum Gasteiger partial charge on any atom is 0.407 e. The highest BCUT2D eigenvalue weighted by Crippen LogP contribution is 2.17. The smallest absolute Gasteiger partial charge is 0.407 e. The van der Waals surface area contributed by atoms with Gasteiger partial charge in [-0.15, -0.1) is 5.10 Å². The number of nitrogens with two attached hydrogens (primary N) is 1. The van der Waals surface area contributed by atoms with Gasteiger partial charge in [0.05, 0.1) is 12.7 Å². The molecule has 10 nitrogen and oxygen atoms in total. The van der Waals surface area contributed by atoms with Gasteiger partial charge in [-0.1, -0.05) is 29.6 Å². The fraction of sp³-hybridized carbons (Fsp3) is 0.533. The second kappa shape index (κ2) is 7.77. The topological polar surface area (TPSA) is 138 Å². The molecule has 0 saturated heterocycles. The van der Waals surface area contributed by atoms with Crippen molar-refractivity contribution in [3.05, 3.63) is 29.4 Å². The Morgan fingerprint density at radius 3 is 2.84 bits per heavy atom. The van der Waals surface area contributed by atoms with Gasteiger partial charge < -0.3 is 20.3 Å². The van der Waals surface area contributed by atoms with E-state index in [4.69, 9.17) is 15.0 Å². The normalized spacial score (nSPS) is 15.0. The van der Waals surface area contributed by atoms with E-state index >= 15 is 0 Å². The number of amides is 2. The van der Waals surface area contributed by atoms with E-state index in [9.17, 15) is 9.59 Å². The third-order valence-corrected chi connectivity index (χ3v) is 3.99. The molecule has 0 radical (unpaired) electrons. The highest BCUT2D eigenvalue weighted by molar-refractivity contribution is 5.89. The van der Waals surface area contributed by atoms with E-state index in [1.165, 1.54) is 17.2 Å². The second-order valence-electron chi connectivity index (χ2n) is 6.01. The summed E-state index contributed by atoms with van der Waals surface area (Å²) in [6.07, 6.45) is 6.68. The summed E-state index contributed by atoms with van der Waals surface area (Å²) in [5, 5.41) is 14.4. The molecule has 3 rings (SSSR count). The van der Waals surface area contributed by atoms with Gasteiger partial charge in [0.1, 0.15) is 18.0 Å². The molecule has 2 heterocycles. The van der Waals surface area contributed by atoms with Crippen LogP contribution in [0.3, 0.4) is 0 Å². The van der Waals surface area contributed by atoms with Crippen molar-refractivity contribution in [2.45, 2.75) is 51.3 Å². The number of alkyl carbamates (subject to hydrolysis) is 1. The standard InChI is InChI=1S/C15H20N6O4/c16-14(22)13-6-11(19-25-13)7-21-8-12(18-20-21)9-24-15(23)17-10-4-2-1-3-5-10/h6,8,10H,1-5,7,9H2,(H2,16,22)(H,17,23). The van der Waals surface area contributed by atoms with Crippen LogP contribution in [0.25, 0.3) is 0 Å². The lowest BCUT2D eigenvalue weighted by molar-refractivity contribution is 0.0964. The van der Waals surface area contributed by atoms with Crippen LogP contribution in [-0.4, -0.2) is 38.2 Å². The molecule has 1 fully saturated rings. The quantitative estimate of drug-likeness (QED) is 0.793. The highest BCUT2D eigenvalue weighted by atomic mass is 16.5. The van der Waals surface area contributed by atoms with E-state index in [0.717, 1.165) is 25.7 Å². The van der Waals surface area contributed by atoms with Crippen LogP contribution in [0, 0.1) is 0 Å². The molecule has 10 heteroatoms. The Morgan fingerprint density at radius 2 is 2.12 bits per heavy atom. The first-order valence-corrected chi connectivity index (χ1v) is 8.18. The molecule has 3 N–H and O–H groups in total. The van der Waals surface area contributed by atoms with Crippen LogP contribution in [0.4, 0.5) is 4.79 Å². The first-order chi connectivity index (χ1) is 12.1. The summed E-state index contributed by atoms with van der Waals surface area (Å²) in [5.74, 6) is -0.700. The monoisotopic (exact) mass is 348 g/mol. The van der Waals surface area contributed by atoms with Crippen molar-refractivity contribution in [3.63, 3.8) is 0 Å². The van der Waals surface area contributed by atoms with E-state index in [1.807, 2.05) is 0 Å². The first kappa shape index (κ1) is 16.9. The Kier molecular flexibility index (Phi) is 5.26. The predicted molar refractivity (Wildman–Crippen MR) is 84.3 cm³/mol. The number of hydrogen-bond donors (Lipinski definition) is 2. The van der Waals surface area contributed by atoms with Crippen molar-refractivity contribution in [3.8, 4) is 0 Å². The van der Waals surface area contributed by atoms with Gasteiger partial charge in [0, 0.05) is 12.1 Å². The Balaban J connectivity index is 1.46. The summed E-state index contributed by atoms with van der Waals surface area (Å²) >= 11 is 0. The second-order valence-corrected chi connectivity index (χ2v) is 6.01. The summed E-state index contributed by atoms with van der Waals surface area (Å²) in [7, 11) is 0. The lowest BCUT2D eigenvalue weighted by Crippen LogP contribution is -2.36. The van der Waals surface area contributed by atoms with Gasteiger partial charge in [0.2, 0.25) is 5.76 Å². The molecular weight excluding hydrogens is 328 g/mol. The van der Waals surface area contributed by atoms with Crippen molar-refractivity contribution in [2.24, 2.45) is 5.73 Å². The molecule has 2 aromatic rings. The summed E-state index contributed by atoms with van der Waals surface area (Å²) < 4.78 is 11.5. The van der Waals surface area contributed by atoms with Gasteiger partial charge in [0.25, 0.3) is 5.91 Å². The maximum absolute atomic E-state index is 11.8. The van der Waals surface area contributed by atoms with E-state index in [-0.39, 0.29) is 25.0 Å². The minimum absolute atomic E-state index is 0.0157. The van der Waals surface area contributed by atoms with E-state index in [0.29, 0.717) is 11.4 Å². The molecule has 0 aromatic carbocycles. The molecule has 0 atom stereocenters. The zero-order chi connectivity index (χ0) is 17.6. The molecule has 0 bridgehead atoms. The predicted octanol–water partition coefficient (Wildman–Crippen LogP) is 0.972. The third-order valence-electron chi connectivity index (χ3n) is 3.99. The average Bonchev–Trinajstić information content (AvgIpc) is 3.24. The number of rotatable bonds is 6. The Bertz CT molecular complexity index is 734. The van der Waals surface area contributed by atoms with Crippen LogP contribution in [0.5, 0.6) is 0 Å². The lowest BCUT2D eigenvalue weighted by atomic mass is 9.96. The highest BCUT2D eigenvalue weighted by Gasteiger charge is 2.17. The molecule has 0 aliphatic heterocycles. The van der Waals surface area contributed by atoms with Gasteiger partial charge in [0.15, 0.2) is 0 Å². The molecule has 1 saturated carbocycles. The molecular formula is C15H20N6O4. The first-order valence-electron chi connectivity index (χ1n) is 8.18. The third kappa shape index (κ3) is 4.78. The van der Waals surface area contributed by atoms with Crippen molar-refractivity contribution in [1.29, 1.82) is 0 Å². The fourth-order valence-corrected chi connectivity index (χ4v) is 2.75. The lowest BCUT2D eigenvalue weighted by Gasteiger charge is -2.22. The van der Waals surface area contributed by atoms with Crippen LogP contribution < -0.4 is 11.1 Å². The molecule has 1 aliphatic rings. The zero-order valence-corrected chi connectivity index (χ0v) is 13.7. The van der Waals surface area contributed by atoms with Crippen molar-refractivity contribution >= 4 is 12.0 Å². The molecule has 0 unspecified atom stereocenters. The SMILES string of the molecule is NC(=O)c1cc(Cn2cc(COC(=O)NC3CCCCC3)nn2)no1. The number of hydrogen-bond acceptors (Lipinski definition) is 7. The maximum atomic E-state index is 11.8. The summed E-state index contributed by atoms with van der Waals surface area (Å²) in [5.41, 5.74) is 6.10. The van der Waals surface area contributed by atoms with E-state index in [2.05, 4.69) is 20.8 Å². The Morgan fingerprint density at radius 1 is 1.32 bits per heavy atom. The van der Waals surface area contributed by atoms with Crippen LogP contribution in [0.2, 0.25) is 0 Å². The van der Waals surface area contributed by atoms with Gasteiger partial charge in [-0.3, -0.25) is 4.79 Å². The number of primary amides is 1. The molecule has 2 amide bonds. The van der Waals surface area contributed by atoms with Crippen molar-refractivity contribution < 1.29 is 18.8 Å². The van der Waals surface area contributed by atoms with Gasteiger partial charge in [-0.25, -0.2) is 9.48 Å². The van der Waals surface area contributed by atoms with Crippen molar-refractivity contribution in [1.82, 2.24) is 25.5 Å². The fourth-order valence-electron chi connectivity index (χ4n) is 2.75. The molecule has 2 aromatic heterocycles.